The highest BCUT2D eigenvalue weighted by Crippen LogP contribution is 2.14. The van der Waals surface area contributed by atoms with Crippen molar-refractivity contribution in [3.8, 4) is 0 Å². The molecule has 0 saturated heterocycles. The maximum absolute atomic E-state index is 7.62. The van der Waals surface area contributed by atoms with Gasteiger partial charge in [0.2, 0.25) is 0 Å². The van der Waals surface area contributed by atoms with E-state index in [1.165, 1.54) is 77.0 Å². The average molecular weight is 333 g/mol. The summed E-state index contributed by atoms with van der Waals surface area (Å²) in [5.41, 5.74) is 0. The van der Waals surface area contributed by atoms with E-state index in [0.29, 0.717) is 12.2 Å². The minimum absolute atomic E-state index is 0.125. The molecule has 0 fully saturated rings. The van der Waals surface area contributed by atoms with Crippen LogP contribution in [0.25, 0.3) is 0 Å². The Labute approximate surface area is 145 Å². The van der Waals surface area contributed by atoms with Gasteiger partial charge in [0.15, 0.2) is 0 Å². The molecule has 0 aromatic heterocycles. The van der Waals surface area contributed by atoms with Gasteiger partial charge >= 0.3 is 0 Å². The molecule has 3 nitrogen and oxygen atoms in total. The van der Waals surface area contributed by atoms with Crippen LogP contribution in [0.2, 0.25) is 0 Å². The van der Waals surface area contributed by atoms with Gasteiger partial charge in [0.05, 0.1) is 25.4 Å². The minimum Gasteiger partial charge on any atom is -0.394 e. The van der Waals surface area contributed by atoms with Crippen molar-refractivity contribution in [2.45, 2.75) is 117 Å². The smallest absolute Gasteiger partial charge is 0.0662 e. The molecule has 0 aromatic carbocycles. The fourth-order valence-corrected chi connectivity index (χ4v) is 2.60. The van der Waals surface area contributed by atoms with Crippen molar-refractivity contribution in [2.24, 2.45) is 0 Å². The molecule has 23 heavy (non-hydrogen) atoms. The summed E-state index contributed by atoms with van der Waals surface area (Å²) in [6, 6.07) is 0. The van der Waals surface area contributed by atoms with Gasteiger partial charge in [-0.25, -0.2) is 0 Å². The Kier molecular flexibility index (Phi) is 23.9. The number of unbranched alkanes of at least 4 members (excludes halogenated alkanes) is 8. The number of hydrogen-bond donors (Lipinski definition) is 2. The molecule has 2 N–H and O–H groups in total. The van der Waals surface area contributed by atoms with Gasteiger partial charge in [0.25, 0.3) is 0 Å². The first-order valence-corrected chi connectivity index (χ1v) is 9.99. The van der Waals surface area contributed by atoms with Crippen LogP contribution in [0.5, 0.6) is 0 Å². The third-order valence-electron chi connectivity index (χ3n) is 3.99. The summed E-state index contributed by atoms with van der Waals surface area (Å²) >= 11 is 0. The molecule has 2 unspecified atom stereocenters. The van der Waals surface area contributed by atoms with Gasteiger partial charge in [-0.05, 0) is 26.7 Å². The van der Waals surface area contributed by atoms with Crippen molar-refractivity contribution in [3.63, 3.8) is 0 Å². The Morgan fingerprint density at radius 3 is 1.26 bits per heavy atom. The first kappa shape index (κ1) is 25.1. The van der Waals surface area contributed by atoms with Gasteiger partial charge in [-0.2, -0.15) is 0 Å². The second-order valence-electron chi connectivity index (χ2n) is 6.61. The van der Waals surface area contributed by atoms with Crippen LogP contribution in [-0.2, 0) is 4.74 Å². The third kappa shape index (κ3) is 24.3. The van der Waals surface area contributed by atoms with Crippen LogP contribution in [0.1, 0.15) is 105 Å². The van der Waals surface area contributed by atoms with Gasteiger partial charge in [0.1, 0.15) is 0 Å². The lowest BCUT2D eigenvalue weighted by Gasteiger charge is -2.19. The largest absolute Gasteiger partial charge is 0.394 e. The molecule has 0 aliphatic rings. The predicted molar refractivity (Wildman–Crippen MR) is 101 cm³/mol. The minimum atomic E-state index is -0.125. The molecule has 0 spiro atoms. The highest BCUT2D eigenvalue weighted by atomic mass is 16.5. The highest BCUT2D eigenvalue weighted by Gasteiger charge is 2.08. The lowest BCUT2D eigenvalue weighted by atomic mass is 10.1. The average Bonchev–Trinajstić information content (AvgIpc) is 2.54. The molecule has 0 aromatic rings. The molecule has 0 heterocycles. The van der Waals surface area contributed by atoms with Crippen LogP contribution in [0.15, 0.2) is 0 Å². The highest BCUT2D eigenvalue weighted by molar-refractivity contribution is 4.57. The van der Waals surface area contributed by atoms with Crippen molar-refractivity contribution < 1.29 is 14.9 Å². The molecule has 0 rings (SSSR count). The van der Waals surface area contributed by atoms with Crippen LogP contribution in [0.4, 0.5) is 0 Å². The first-order chi connectivity index (χ1) is 11.1. The number of aliphatic hydroxyl groups is 2. The molecule has 3 heteroatoms. The summed E-state index contributed by atoms with van der Waals surface area (Å²) in [4.78, 5) is 0. The van der Waals surface area contributed by atoms with Crippen molar-refractivity contribution in [1.82, 2.24) is 0 Å². The van der Waals surface area contributed by atoms with E-state index in [0.717, 1.165) is 0 Å². The van der Waals surface area contributed by atoms with Crippen molar-refractivity contribution in [2.75, 3.05) is 13.2 Å². The van der Waals surface area contributed by atoms with E-state index >= 15 is 0 Å². The van der Waals surface area contributed by atoms with Crippen LogP contribution < -0.4 is 0 Å². The van der Waals surface area contributed by atoms with E-state index < -0.39 is 0 Å². The Bertz CT molecular complexity index is 177. The molecule has 0 bridgehead atoms. The molecular formula is C20H44O3. The summed E-state index contributed by atoms with van der Waals surface area (Å²) in [5, 5.41) is 15.2. The van der Waals surface area contributed by atoms with Gasteiger partial charge in [-0.1, -0.05) is 78.1 Å². The fourth-order valence-electron chi connectivity index (χ4n) is 2.60. The zero-order valence-electron chi connectivity index (χ0n) is 16.4. The maximum Gasteiger partial charge on any atom is 0.0662 e. The Morgan fingerprint density at radius 1 is 0.609 bits per heavy atom. The lowest BCUT2D eigenvalue weighted by molar-refractivity contribution is -0.00231. The Balaban J connectivity index is 0. The summed E-state index contributed by atoms with van der Waals surface area (Å²) in [6.45, 7) is 8.78. The third-order valence-corrected chi connectivity index (χ3v) is 3.99. The van der Waals surface area contributed by atoms with E-state index in [-0.39, 0.29) is 13.2 Å². The Hall–Kier alpha value is -0.120. The molecule has 0 radical (unpaired) electrons. The van der Waals surface area contributed by atoms with Crippen molar-refractivity contribution >= 4 is 0 Å². The van der Waals surface area contributed by atoms with Crippen LogP contribution >= 0.6 is 0 Å². The first-order valence-electron chi connectivity index (χ1n) is 9.99. The fraction of sp³-hybridized carbons (Fsp3) is 1.00. The second-order valence-corrected chi connectivity index (χ2v) is 6.61. The molecule has 0 aliphatic heterocycles. The maximum atomic E-state index is 7.62. The van der Waals surface area contributed by atoms with E-state index in [1.807, 2.05) is 0 Å². The van der Waals surface area contributed by atoms with Crippen LogP contribution in [0, 0.1) is 0 Å². The molecule has 0 aliphatic carbocycles. The van der Waals surface area contributed by atoms with Crippen molar-refractivity contribution in [3.05, 3.63) is 0 Å². The number of ether oxygens (including phenoxy) is 1. The van der Waals surface area contributed by atoms with E-state index in [9.17, 15) is 0 Å². The summed E-state index contributed by atoms with van der Waals surface area (Å²) in [6.07, 6.45) is 17.1. The topological polar surface area (TPSA) is 49.7 Å². The van der Waals surface area contributed by atoms with Crippen LogP contribution in [0.3, 0.4) is 0 Å². The normalized spacial score (nSPS) is 13.3. The Morgan fingerprint density at radius 2 is 0.957 bits per heavy atom. The van der Waals surface area contributed by atoms with E-state index in [2.05, 4.69) is 27.7 Å². The van der Waals surface area contributed by atoms with Gasteiger partial charge in [0, 0.05) is 0 Å². The molecule has 0 amide bonds. The zero-order chi connectivity index (χ0) is 17.8. The number of aliphatic hydroxyl groups excluding tert-OH is 2. The monoisotopic (exact) mass is 332 g/mol. The SMILES string of the molecule is CCCCCCCC(C)OC(C)CCCCCCC.OCCO. The van der Waals surface area contributed by atoms with E-state index in [1.54, 1.807) is 0 Å². The van der Waals surface area contributed by atoms with Crippen molar-refractivity contribution in [1.29, 1.82) is 0 Å². The molecule has 142 valence electrons. The lowest BCUT2D eigenvalue weighted by Crippen LogP contribution is -2.17. The molecule has 2 atom stereocenters. The second kappa shape index (κ2) is 21.9. The molecule has 0 saturated carbocycles. The quantitative estimate of drug-likeness (QED) is 0.391. The van der Waals surface area contributed by atoms with Gasteiger partial charge in [-0.3, -0.25) is 0 Å². The standard InChI is InChI=1S/C18H38O.C2H6O2/c1-5-7-9-11-13-15-17(3)19-18(4)16-14-12-10-8-6-2;3-1-2-4/h17-18H,5-16H2,1-4H3;3-4H,1-2H2. The summed E-state index contributed by atoms with van der Waals surface area (Å²) in [7, 11) is 0. The van der Waals surface area contributed by atoms with Crippen LogP contribution in [-0.4, -0.2) is 35.6 Å². The van der Waals surface area contributed by atoms with E-state index in [4.69, 9.17) is 14.9 Å². The summed E-state index contributed by atoms with van der Waals surface area (Å²) in [5.74, 6) is 0. The predicted octanol–water partition coefficient (Wildman–Crippen LogP) is 5.47. The number of rotatable bonds is 15. The van der Waals surface area contributed by atoms with Gasteiger partial charge in [-0.15, -0.1) is 0 Å². The number of hydrogen-bond acceptors (Lipinski definition) is 3. The zero-order valence-corrected chi connectivity index (χ0v) is 16.4. The summed E-state index contributed by atoms with van der Waals surface area (Å²) < 4.78 is 6.06. The molecular weight excluding hydrogens is 288 g/mol. The van der Waals surface area contributed by atoms with Gasteiger partial charge < -0.3 is 14.9 Å².